The highest BCUT2D eigenvalue weighted by atomic mass is 16.5. The van der Waals surface area contributed by atoms with Crippen molar-refractivity contribution in [3.05, 3.63) is 0 Å². The van der Waals surface area contributed by atoms with E-state index in [1.165, 1.54) is 0 Å². The Hall–Kier alpha value is -1.10. The minimum Gasteiger partial charge on any atom is -0.481 e. The summed E-state index contributed by atoms with van der Waals surface area (Å²) in [4.78, 5) is 24.7. The van der Waals surface area contributed by atoms with Gasteiger partial charge in [0.2, 0.25) is 5.91 Å². The first kappa shape index (κ1) is 14.0. The number of amides is 1. The maximum absolute atomic E-state index is 11.8. The quantitative estimate of drug-likeness (QED) is 0.710. The number of carbonyl (C=O) groups is 2. The van der Waals surface area contributed by atoms with Crippen molar-refractivity contribution in [3.63, 3.8) is 0 Å². The molecule has 0 aromatic rings. The zero-order chi connectivity index (χ0) is 12.9. The molecule has 0 aromatic heterocycles. The standard InChI is InChI=1S/C12H21NO4/c1-3-12(11(15)16)6-7-13(9-12)10(14)5-8-17-4-2/h3-9H2,1-2H3,(H,15,16). The fourth-order valence-corrected chi connectivity index (χ4v) is 2.16. The van der Waals surface area contributed by atoms with E-state index in [1.54, 1.807) is 4.90 Å². The van der Waals surface area contributed by atoms with E-state index in [1.807, 2.05) is 13.8 Å². The number of aliphatic carboxylic acids is 1. The summed E-state index contributed by atoms with van der Waals surface area (Å²) >= 11 is 0. The van der Waals surface area contributed by atoms with Gasteiger partial charge in [-0.3, -0.25) is 9.59 Å². The van der Waals surface area contributed by atoms with E-state index in [-0.39, 0.29) is 5.91 Å². The van der Waals surface area contributed by atoms with E-state index >= 15 is 0 Å². The molecule has 0 spiro atoms. The van der Waals surface area contributed by atoms with Gasteiger partial charge in [-0.2, -0.15) is 0 Å². The molecule has 1 unspecified atom stereocenters. The van der Waals surface area contributed by atoms with Crippen LogP contribution in [0.25, 0.3) is 0 Å². The lowest BCUT2D eigenvalue weighted by molar-refractivity contribution is -0.148. The molecule has 1 aliphatic heterocycles. The molecule has 0 radical (unpaired) electrons. The lowest BCUT2D eigenvalue weighted by atomic mass is 9.84. The number of carboxylic acids is 1. The van der Waals surface area contributed by atoms with Gasteiger partial charge < -0.3 is 14.7 Å². The molecule has 1 saturated heterocycles. The van der Waals surface area contributed by atoms with E-state index in [4.69, 9.17) is 4.74 Å². The van der Waals surface area contributed by atoms with Gasteiger partial charge in [-0.25, -0.2) is 0 Å². The molecule has 0 aliphatic carbocycles. The molecule has 1 heterocycles. The predicted octanol–water partition coefficient (Wildman–Crippen LogP) is 1.13. The first-order chi connectivity index (χ1) is 8.05. The van der Waals surface area contributed by atoms with Gasteiger partial charge in [0.15, 0.2) is 0 Å². The van der Waals surface area contributed by atoms with Crippen LogP contribution in [0.15, 0.2) is 0 Å². The van der Waals surface area contributed by atoms with Gasteiger partial charge in [0.25, 0.3) is 0 Å². The van der Waals surface area contributed by atoms with Crippen molar-refractivity contribution in [2.24, 2.45) is 5.41 Å². The molecule has 98 valence electrons. The van der Waals surface area contributed by atoms with Crippen molar-refractivity contribution in [1.82, 2.24) is 4.90 Å². The predicted molar refractivity (Wildman–Crippen MR) is 62.7 cm³/mol. The molecule has 0 aromatic carbocycles. The van der Waals surface area contributed by atoms with Gasteiger partial charge >= 0.3 is 5.97 Å². The van der Waals surface area contributed by atoms with Gasteiger partial charge in [-0.1, -0.05) is 6.92 Å². The Morgan fingerprint density at radius 3 is 2.59 bits per heavy atom. The summed E-state index contributed by atoms with van der Waals surface area (Å²) in [5.74, 6) is -0.796. The van der Waals surface area contributed by atoms with Crippen LogP contribution in [0.4, 0.5) is 0 Å². The van der Waals surface area contributed by atoms with Gasteiger partial charge in [-0.15, -0.1) is 0 Å². The highest BCUT2D eigenvalue weighted by Crippen LogP contribution is 2.34. The van der Waals surface area contributed by atoms with Crippen LogP contribution in [0.3, 0.4) is 0 Å². The van der Waals surface area contributed by atoms with Crippen LogP contribution in [0.2, 0.25) is 0 Å². The van der Waals surface area contributed by atoms with Gasteiger partial charge in [0.1, 0.15) is 0 Å². The van der Waals surface area contributed by atoms with Crippen LogP contribution in [0, 0.1) is 5.41 Å². The highest BCUT2D eigenvalue weighted by Gasteiger charge is 2.44. The lowest BCUT2D eigenvalue weighted by Crippen LogP contribution is -2.36. The Morgan fingerprint density at radius 2 is 2.12 bits per heavy atom. The number of carbonyl (C=O) groups excluding carboxylic acids is 1. The first-order valence-electron chi connectivity index (χ1n) is 6.14. The van der Waals surface area contributed by atoms with Crippen LogP contribution in [0.1, 0.15) is 33.1 Å². The normalized spacial score (nSPS) is 24.0. The summed E-state index contributed by atoms with van der Waals surface area (Å²) in [6, 6.07) is 0. The molecule has 1 N–H and O–H groups in total. The molecule has 1 fully saturated rings. The monoisotopic (exact) mass is 243 g/mol. The van der Waals surface area contributed by atoms with Gasteiger partial charge in [0, 0.05) is 19.7 Å². The van der Waals surface area contributed by atoms with Crippen LogP contribution >= 0.6 is 0 Å². The van der Waals surface area contributed by atoms with Crippen molar-refractivity contribution in [2.75, 3.05) is 26.3 Å². The maximum atomic E-state index is 11.8. The number of ether oxygens (including phenoxy) is 1. The molecular formula is C12H21NO4. The summed E-state index contributed by atoms with van der Waals surface area (Å²) in [5.41, 5.74) is -0.735. The van der Waals surface area contributed by atoms with E-state index in [0.717, 1.165) is 0 Å². The number of likely N-dealkylation sites (tertiary alicyclic amines) is 1. The third kappa shape index (κ3) is 3.19. The van der Waals surface area contributed by atoms with Crippen molar-refractivity contribution < 1.29 is 19.4 Å². The summed E-state index contributed by atoms with van der Waals surface area (Å²) in [7, 11) is 0. The minimum atomic E-state index is -0.792. The Kier molecular flexibility index (Phi) is 4.93. The zero-order valence-electron chi connectivity index (χ0n) is 10.6. The number of rotatable bonds is 6. The Labute approximate surface area is 102 Å². The third-order valence-electron chi connectivity index (χ3n) is 3.50. The largest absolute Gasteiger partial charge is 0.481 e. The van der Waals surface area contributed by atoms with Crippen molar-refractivity contribution in [2.45, 2.75) is 33.1 Å². The van der Waals surface area contributed by atoms with E-state index in [2.05, 4.69) is 0 Å². The van der Waals surface area contributed by atoms with Gasteiger partial charge in [0.05, 0.1) is 18.4 Å². The lowest BCUT2D eigenvalue weighted by Gasteiger charge is -2.23. The molecule has 0 bridgehead atoms. The third-order valence-corrected chi connectivity index (χ3v) is 3.50. The number of hydrogen-bond acceptors (Lipinski definition) is 3. The molecular weight excluding hydrogens is 222 g/mol. The molecule has 0 saturated carbocycles. The Bertz CT molecular complexity index is 292. The second-order valence-corrected chi connectivity index (χ2v) is 4.45. The molecule has 1 amide bonds. The van der Waals surface area contributed by atoms with E-state index in [0.29, 0.717) is 45.6 Å². The SMILES string of the molecule is CCOCCC(=O)N1CCC(CC)(C(=O)O)C1. The molecule has 17 heavy (non-hydrogen) atoms. The smallest absolute Gasteiger partial charge is 0.311 e. The fraction of sp³-hybridized carbons (Fsp3) is 0.833. The minimum absolute atomic E-state index is 0.00461. The van der Waals surface area contributed by atoms with Crippen molar-refractivity contribution in [1.29, 1.82) is 0 Å². The van der Waals surface area contributed by atoms with Crippen molar-refractivity contribution in [3.8, 4) is 0 Å². The second-order valence-electron chi connectivity index (χ2n) is 4.45. The average molecular weight is 243 g/mol. The summed E-state index contributed by atoms with van der Waals surface area (Å²) in [6.07, 6.45) is 1.46. The fourth-order valence-electron chi connectivity index (χ4n) is 2.16. The summed E-state index contributed by atoms with van der Waals surface area (Å²) in [6.45, 7) is 5.64. The highest BCUT2D eigenvalue weighted by molar-refractivity contribution is 5.80. The topological polar surface area (TPSA) is 66.8 Å². The van der Waals surface area contributed by atoms with Crippen LogP contribution in [0.5, 0.6) is 0 Å². The van der Waals surface area contributed by atoms with E-state index < -0.39 is 11.4 Å². The van der Waals surface area contributed by atoms with Gasteiger partial charge in [-0.05, 0) is 19.8 Å². The van der Waals surface area contributed by atoms with E-state index in [9.17, 15) is 14.7 Å². The first-order valence-corrected chi connectivity index (χ1v) is 6.14. The summed E-state index contributed by atoms with van der Waals surface area (Å²) in [5, 5.41) is 9.21. The Balaban J connectivity index is 2.49. The zero-order valence-corrected chi connectivity index (χ0v) is 10.6. The van der Waals surface area contributed by atoms with Crippen LogP contribution in [-0.2, 0) is 14.3 Å². The average Bonchev–Trinajstić information content (AvgIpc) is 2.75. The number of carboxylic acid groups (broad SMARTS) is 1. The second kappa shape index (κ2) is 6.00. The van der Waals surface area contributed by atoms with Crippen LogP contribution < -0.4 is 0 Å². The maximum Gasteiger partial charge on any atom is 0.311 e. The molecule has 5 nitrogen and oxygen atoms in total. The Morgan fingerprint density at radius 1 is 1.41 bits per heavy atom. The number of hydrogen-bond donors (Lipinski definition) is 1. The summed E-state index contributed by atoms with van der Waals surface area (Å²) < 4.78 is 5.13. The van der Waals surface area contributed by atoms with Crippen molar-refractivity contribution >= 4 is 11.9 Å². The van der Waals surface area contributed by atoms with Crippen LogP contribution in [-0.4, -0.2) is 48.2 Å². The molecule has 1 rings (SSSR count). The number of nitrogens with zero attached hydrogens (tertiary/aromatic N) is 1. The molecule has 5 heteroatoms. The molecule has 1 aliphatic rings. The molecule has 1 atom stereocenters.